The number of carbonyl (C=O) groups is 1. The number of aromatic nitrogens is 2. The van der Waals surface area contributed by atoms with Crippen LogP contribution in [0.3, 0.4) is 0 Å². The molecule has 0 aliphatic heterocycles. The molecule has 33 heavy (non-hydrogen) atoms. The lowest BCUT2D eigenvalue weighted by Crippen LogP contribution is -2.24. The highest BCUT2D eigenvalue weighted by atomic mass is 79.9. The molecule has 0 aliphatic rings. The first-order valence-electron chi connectivity index (χ1n) is 9.95. The molecule has 2 aromatic heterocycles. The number of hydrogen-bond donors (Lipinski definition) is 1. The number of nitrogens with one attached hydrogen (secondary N) is 1. The molecule has 1 amide bonds. The molecule has 0 saturated heterocycles. The summed E-state index contributed by atoms with van der Waals surface area (Å²) < 4.78 is 7.67. The van der Waals surface area contributed by atoms with Crippen molar-refractivity contribution >= 4 is 56.8 Å². The average molecular weight is 523 g/mol. The second kappa shape index (κ2) is 10.5. The summed E-state index contributed by atoms with van der Waals surface area (Å²) in [7, 11) is 0. The number of para-hydroxylation sites is 1. The van der Waals surface area contributed by atoms with Gasteiger partial charge in [-0.25, -0.2) is 10.4 Å². The van der Waals surface area contributed by atoms with E-state index in [-0.39, 0.29) is 17.2 Å². The Hall–Kier alpha value is -3.43. The minimum absolute atomic E-state index is 0.0413. The normalized spacial score (nSPS) is 11.9. The summed E-state index contributed by atoms with van der Waals surface area (Å²) in [4.78, 5) is 30.2. The fourth-order valence-electron chi connectivity index (χ4n) is 3.03. The fourth-order valence-corrected chi connectivity index (χ4v) is 4.10. The number of halogens is 1. The van der Waals surface area contributed by atoms with Gasteiger partial charge in [-0.2, -0.15) is 5.10 Å². The summed E-state index contributed by atoms with van der Waals surface area (Å²) in [6, 6.07) is 18.1. The van der Waals surface area contributed by atoms with E-state index in [0.717, 1.165) is 10.0 Å². The molecule has 166 valence electrons. The molecular weight excluding hydrogens is 504 g/mol. The molecule has 4 rings (SSSR count). The predicted molar refractivity (Wildman–Crippen MR) is 135 cm³/mol. The van der Waals surface area contributed by atoms with Gasteiger partial charge in [-0.15, -0.1) is 0 Å². The van der Waals surface area contributed by atoms with Crippen LogP contribution in [0.2, 0.25) is 0 Å². The van der Waals surface area contributed by atoms with E-state index in [1.807, 2.05) is 43.3 Å². The van der Waals surface area contributed by atoms with E-state index in [4.69, 9.17) is 4.42 Å². The van der Waals surface area contributed by atoms with Gasteiger partial charge in [0.05, 0.1) is 34.8 Å². The molecule has 1 N–H and O–H groups in total. The van der Waals surface area contributed by atoms with E-state index in [1.54, 1.807) is 36.6 Å². The van der Waals surface area contributed by atoms with Crippen molar-refractivity contribution in [3.63, 3.8) is 0 Å². The minimum Gasteiger partial charge on any atom is -0.465 e. The zero-order valence-corrected chi connectivity index (χ0v) is 20.0. The van der Waals surface area contributed by atoms with Gasteiger partial charge in [-0.1, -0.05) is 39.8 Å². The smallest absolute Gasteiger partial charge is 0.266 e. The van der Waals surface area contributed by atoms with Crippen molar-refractivity contribution in [1.82, 2.24) is 15.0 Å². The first-order chi connectivity index (χ1) is 16.0. The minimum atomic E-state index is -0.313. The Kier molecular flexibility index (Phi) is 7.21. The summed E-state index contributed by atoms with van der Waals surface area (Å²) in [5.74, 6) is 0.431. The van der Waals surface area contributed by atoms with E-state index < -0.39 is 0 Å². The van der Waals surface area contributed by atoms with Crippen LogP contribution in [-0.4, -0.2) is 27.4 Å². The average Bonchev–Trinajstić information content (AvgIpc) is 3.31. The van der Waals surface area contributed by atoms with Crippen LogP contribution in [0.25, 0.3) is 22.7 Å². The highest BCUT2D eigenvalue weighted by Gasteiger charge is 2.14. The highest BCUT2D eigenvalue weighted by molar-refractivity contribution is 9.10. The predicted octanol–water partition coefficient (Wildman–Crippen LogP) is 5.04. The molecule has 0 spiro atoms. The molecule has 9 heteroatoms. The number of fused-ring (bicyclic) bond motifs is 1. The Bertz CT molecular complexity index is 1390. The third-order valence-electron chi connectivity index (χ3n) is 4.53. The fraction of sp³-hybridized carbons (Fsp3) is 0.0833. The van der Waals surface area contributed by atoms with Crippen LogP contribution >= 0.6 is 27.7 Å². The third-order valence-corrected chi connectivity index (χ3v) is 6.00. The van der Waals surface area contributed by atoms with E-state index in [9.17, 15) is 9.59 Å². The van der Waals surface area contributed by atoms with Crippen molar-refractivity contribution in [3.8, 4) is 5.69 Å². The molecule has 2 heterocycles. The number of allylic oxidation sites excluding steroid dienone is 1. The van der Waals surface area contributed by atoms with Gasteiger partial charge in [-0.3, -0.25) is 14.2 Å². The molecule has 0 saturated carbocycles. The van der Waals surface area contributed by atoms with E-state index >= 15 is 0 Å². The number of hydrogen-bond acceptors (Lipinski definition) is 6. The van der Waals surface area contributed by atoms with Crippen molar-refractivity contribution in [1.29, 1.82) is 0 Å². The lowest BCUT2D eigenvalue weighted by molar-refractivity contribution is -0.118. The second-order valence-electron chi connectivity index (χ2n) is 7.01. The number of rotatable bonds is 7. The van der Waals surface area contributed by atoms with Gasteiger partial charge in [0.2, 0.25) is 0 Å². The van der Waals surface area contributed by atoms with Crippen molar-refractivity contribution < 1.29 is 9.21 Å². The Morgan fingerprint density at radius 1 is 1.18 bits per heavy atom. The van der Waals surface area contributed by atoms with Crippen molar-refractivity contribution in [3.05, 3.63) is 93.1 Å². The van der Waals surface area contributed by atoms with Gasteiger partial charge >= 0.3 is 0 Å². The van der Waals surface area contributed by atoms with Crippen LogP contribution in [0.5, 0.6) is 0 Å². The topological polar surface area (TPSA) is 89.5 Å². The van der Waals surface area contributed by atoms with Crippen molar-refractivity contribution in [2.24, 2.45) is 5.10 Å². The SMILES string of the molecule is CC(/C=N\NC(=O)CSc1nc2ccccc2c(=O)n1-c1ccc(Br)cc1)=C\c1ccco1. The van der Waals surface area contributed by atoms with Crippen LogP contribution < -0.4 is 11.0 Å². The van der Waals surface area contributed by atoms with E-state index in [2.05, 4.69) is 31.4 Å². The van der Waals surface area contributed by atoms with E-state index in [1.165, 1.54) is 22.5 Å². The number of amides is 1. The number of hydrazone groups is 1. The second-order valence-corrected chi connectivity index (χ2v) is 8.87. The molecule has 0 fully saturated rings. The first-order valence-corrected chi connectivity index (χ1v) is 11.7. The van der Waals surface area contributed by atoms with Gasteiger partial charge in [-0.05, 0) is 67.1 Å². The van der Waals surface area contributed by atoms with Gasteiger partial charge in [0.15, 0.2) is 5.16 Å². The largest absolute Gasteiger partial charge is 0.465 e. The molecule has 7 nitrogen and oxygen atoms in total. The standard InChI is InChI=1S/C24H19BrN4O3S/c1-16(13-19-5-4-12-32-19)14-26-28-22(30)15-33-24-27-21-7-3-2-6-20(21)23(31)29(24)18-10-8-17(25)9-11-18/h2-14H,15H2,1H3,(H,28,30)/b16-13+,26-14-. The Morgan fingerprint density at radius 3 is 2.73 bits per heavy atom. The number of benzene rings is 2. The zero-order chi connectivity index (χ0) is 23.2. The summed E-state index contributed by atoms with van der Waals surface area (Å²) in [6.45, 7) is 1.85. The number of carbonyl (C=O) groups excluding carboxylic acids is 1. The maximum atomic E-state index is 13.2. The van der Waals surface area contributed by atoms with Crippen molar-refractivity contribution in [2.45, 2.75) is 12.1 Å². The Morgan fingerprint density at radius 2 is 1.97 bits per heavy atom. The Balaban J connectivity index is 1.52. The van der Waals surface area contributed by atoms with Crippen LogP contribution in [0.4, 0.5) is 0 Å². The zero-order valence-electron chi connectivity index (χ0n) is 17.6. The van der Waals surface area contributed by atoms with Crippen LogP contribution in [0, 0.1) is 0 Å². The molecule has 4 aromatic rings. The summed E-state index contributed by atoms with van der Waals surface area (Å²) in [5, 5.41) is 4.92. The van der Waals surface area contributed by atoms with Crippen LogP contribution in [-0.2, 0) is 4.79 Å². The highest BCUT2D eigenvalue weighted by Crippen LogP contribution is 2.22. The quantitative estimate of drug-likeness (QED) is 0.159. The maximum Gasteiger partial charge on any atom is 0.266 e. The van der Waals surface area contributed by atoms with Crippen LogP contribution in [0.15, 0.2) is 96.4 Å². The molecular formula is C24H19BrN4O3S. The monoisotopic (exact) mass is 522 g/mol. The van der Waals surface area contributed by atoms with Crippen molar-refractivity contribution in [2.75, 3.05) is 5.75 Å². The third kappa shape index (κ3) is 5.68. The lowest BCUT2D eigenvalue weighted by atomic mass is 10.2. The molecule has 0 aliphatic carbocycles. The Labute approximate surface area is 202 Å². The maximum absolute atomic E-state index is 13.2. The lowest BCUT2D eigenvalue weighted by Gasteiger charge is -2.13. The number of thioether (sulfide) groups is 1. The summed E-state index contributed by atoms with van der Waals surface area (Å²) in [6.07, 6.45) is 4.93. The number of furan rings is 1. The van der Waals surface area contributed by atoms with E-state index in [0.29, 0.717) is 27.5 Å². The molecule has 2 aromatic carbocycles. The summed E-state index contributed by atoms with van der Waals surface area (Å²) in [5.41, 5.74) is 4.37. The molecule has 0 bridgehead atoms. The van der Waals surface area contributed by atoms with Crippen LogP contribution in [0.1, 0.15) is 12.7 Å². The number of nitrogens with zero attached hydrogens (tertiary/aromatic N) is 3. The summed E-state index contributed by atoms with van der Waals surface area (Å²) >= 11 is 4.58. The van der Waals surface area contributed by atoms with Gasteiger partial charge in [0.25, 0.3) is 11.5 Å². The van der Waals surface area contributed by atoms with Gasteiger partial charge < -0.3 is 4.42 Å². The first kappa shape index (κ1) is 22.8. The molecule has 0 atom stereocenters. The molecule has 0 radical (unpaired) electrons. The van der Waals surface area contributed by atoms with Gasteiger partial charge in [0.1, 0.15) is 5.76 Å². The molecule has 0 unspecified atom stereocenters. The van der Waals surface area contributed by atoms with Gasteiger partial charge in [0, 0.05) is 4.47 Å².